The van der Waals surface area contributed by atoms with Gasteiger partial charge in [-0.05, 0) is 68.5 Å². The number of nitrogens with zero attached hydrogens (tertiary/aromatic N) is 5. The number of fused-ring (bicyclic) bond motifs is 2. The van der Waals surface area contributed by atoms with Crippen LogP contribution in [-0.2, 0) is 9.59 Å². The number of piperazine rings is 1. The summed E-state index contributed by atoms with van der Waals surface area (Å²) in [6.07, 6.45) is 1.20. The SMILES string of the molecule is CC(=O)c1c(C)[nH]c(-c2nc3ccc(N4CCN(CC5CCN(c6cccc7c6C(=O)N(C6CCC(=O)NC6=O)C7=O)C5)CC4)cc3[nH]2)c1-c1ccccc1. The molecule has 13 heteroatoms. The number of aromatic amines is 2. The molecule has 9 rings (SSSR count). The quantitative estimate of drug-likeness (QED) is 0.151. The van der Waals surface area contributed by atoms with Crippen molar-refractivity contribution in [1.82, 2.24) is 30.1 Å². The molecule has 4 aliphatic heterocycles. The highest BCUT2D eigenvalue weighted by molar-refractivity contribution is 6.25. The van der Waals surface area contributed by atoms with E-state index in [4.69, 9.17) is 4.98 Å². The van der Waals surface area contributed by atoms with Crippen LogP contribution in [0.25, 0.3) is 33.7 Å². The molecule has 0 bridgehead atoms. The van der Waals surface area contributed by atoms with Gasteiger partial charge in [0.05, 0.1) is 33.5 Å². The molecule has 2 atom stereocenters. The lowest BCUT2D eigenvalue weighted by molar-refractivity contribution is -0.136. The van der Waals surface area contributed by atoms with Crippen LogP contribution in [0.15, 0.2) is 66.7 Å². The minimum atomic E-state index is -0.981. The maximum atomic E-state index is 13.7. The fraction of sp³-hybridized carbons (Fsp3) is 0.333. The Balaban J connectivity index is 0.849. The number of imidazole rings is 1. The first-order valence-electron chi connectivity index (χ1n) is 19.0. The minimum Gasteiger partial charge on any atom is -0.371 e. The van der Waals surface area contributed by atoms with Gasteiger partial charge in [-0.25, -0.2) is 4.98 Å². The molecule has 0 radical (unpaired) electrons. The van der Waals surface area contributed by atoms with Crippen molar-refractivity contribution < 1.29 is 24.0 Å². The van der Waals surface area contributed by atoms with Gasteiger partial charge in [-0.3, -0.25) is 39.1 Å². The fourth-order valence-corrected chi connectivity index (χ4v) is 8.96. The summed E-state index contributed by atoms with van der Waals surface area (Å²) in [5.41, 5.74) is 8.45. The number of carbonyl (C=O) groups excluding carboxylic acids is 5. The topological polar surface area (TPSA) is 155 Å². The normalized spacial score (nSPS) is 20.5. The van der Waals surface area contributed by atoms with Gasteiger partial charge in [0, 0.05) is 74.7 Å². The van der Waals surface area contributed by atoms with E-state index in [1.807, 2.05) is 43.3 Å². The van der Waals surface area contributed by atoms with Gasteiger partial charge in [0.25, 0.3) is 11.8 Å². The number of hydrogen-bond acceptors (Lipinski definition) is 9. The van der Waals surface area contributed by atoms with Crippen molar-refractivity contribution in [3.8, 4) is 22.6 Å². The van der Waals surface area contributed by atoms with Crippen LogP contribution in [0, 0.1) is 12.8 Å². The smallest absolute Gasteiger partial charge is 0.264 e. The standard InChI is InChI=1S/C42H42N8O5/c1-24-35(25(2)51)36(27-7-4-3-5-8-27)38(43-24)39-44-30-12-11-28(21-31(30)45-39)48-19-17-47(18-20-48)22-26-15-16-49(23-26)32-10-6-9-29-37(32)42(55)50(41(29)54)33-13-14-34(52)46-40(33)53/h3-12,21,26,33,43H,13-20,22-23H2,1-2H3,(H,44,45)(H,46,52,53). The van der Waals surface area contributed by atoms with Crippen molar-refractivity contribution in [3.63, 3.8) is 0 Å². The highest BCUT2D eigenvalue weighted by atomic mass is 16.2. The lowest BCUT2D eigenvalue weighted by atomic mass is 9.98. The Hall–Kier alpha value is -6.08. The predicted octanol–water partition coefficient (Wildman–Crippen LogP) is 4.79. The average molecular weight is 739 g/mol. The van der Waals surface area contributed by atoms with Gasteiger partial charge in [-0.1, -0.05) is 36.4 Å². The molecule has 2 unspecified atom stereocenters. The maximum Gasteiger partial charge on any atom is 0.264 e. The number of rotatable bonds is 8. The molecule has 13 nitrogen and oxygen atoms in total. The van der Waals surface area contributed by atoms with Gasteiger partial charge < -0.3 is 19.8 Å². The van der Waals surface area contributed by atoms with Crippen LogP contribution in [0.3, 0.4) is 0 Å². The van der Waals surface area contributed by atoms with Crippen molar-refractivity contribution in [2.24, 2.45) is 5.92 Å². The van der Waals surface area contributed by atoms with Crippen molar-refractivity contribution in [2.45, 2.75) is 39.2 Å². The third kappa shape index (κ3) is 6.08. The molecule has 3 aromatic carbocycles. The van der Waals surface area contributed by atoms with Crippen LogP contribution < -0.4 is 15.1 Å². The Morgan fingerprint density at radius 1 is 0.836 bits per heavy atom. The second kappa shape index (κ2) is 13.6. The predicted molar refractivity (Wildman–Crippen MR) is 208 cm³/mol. The van der Waals surface area contributed by atoms with Crippen molar-refractivity contribution in [1.29, 1.82) is 0 Å². The van der Waals surface area contributed by atoms with E-state index in [-0.39, 0.29) is 24.5 Å². The average Bonchev–Trinajstić information content (AvgIpc) is 3.96. The first-order valence-corrected chi connectivity index (χ1v) is 19.0. The van der Waals surface area contributed by atoms with E-state index in [1.54, 1.807) is 19.1 Å². The van der Waals surface area contributed by atoms with E-state index in [0.717, 1.165) is 102 Å². The van der Waals surface area contributed by atoms with Gasteiger partial charge >= 0.3 is 0 Å². The molecule has 4 amide bonds. The number of amides is 4. The number of anilines is 2. The molecular weight excluding hydrogens is 697 g/mol. The molecule has 5 aromatic rings. The molecule has 280 valence electrons. The molecular formula is C42H42N8O5. The zero-order valence-electron chi connectivity index (χ0n) is 30.9. The fourth-order valence-electron chi connectivity index (χ4n) is 8.96. The largest absolute Gasteiger partial charge is 0.371 e. The third-order valence-corrected chi connectivity index (χ3v) is 11.6. The minimum absolute atomic E-state index is 0.00952. The number of carbonyl (C=O) groups is 5. The Labute approximate surface area is 317 Å². The van der Waals surface area contributed by atoms with Gasteiger partial charge in [-0.2, -0.15) is 0 Å². The van der Waals surface area contributed by atoms with Crippen molar-refractivity contribution >= 4 is 51.8 Å². The van der Waals surface area contributed by atoms with Gasteiger partial charge in [0.15, 0.2) is 11.6 Å². The van der Waals surface area contributed by atoms with Crippen LogP contribution in [0.1, 0.15) is 63.0 Å². The zero-order chi connectivity index (χ0) is 38.0. The van der Waals surface area contributed by atoms with E-state index in [1.165, 1.54) is 0 Å². The van der Waals surface area contributed by atoms with Crippen LogP contribution >= 0.6 is 0 Å². The number of aromatic nitrogens is 3. The summed E-state index contributed by atoms with van der Waals surface area (Å²) in [6.45, 7) is 9.64. The van der Waals surface area contributed by atoms with E-state index in [9.17, 15) is 24.0 Å². The number of H-pyrrole nitrogens is 2. The van der Waals surface area contributed by atoms with E-state index in [0.29, 0.717) is 28.4 Å². The third-order valence-electron chi connectivity index (χ3n) is 11.6. The monoisotopic (exact) mass is 738 g/mol. The first-order chi connectivity index (χ1) is 26.6. The molecule has 0 aliphatic carbocycles. The Kier molecular flexibility index (Phi) is 8.60. The zero-order valence-corrected chi connectivity index (χ0v) is 30.9. The van der Waals surface area contributed by atoms with Gasteiger partial charge in [0.1, 0.15) is 6.04 Å². The summed E-state index contributed by atoms with van der Waals surface area (Å²) in [5, 5.41) is 2.27. The second-order valence-electron chi connectivity index (χ2n) is 15.1. The Morgan fingerprint density at radius 2 is 1.64 bits per heavy atom. The molecule has 2 aromatic heterocycles. The van der Waals surface area contributed by atoms with Crippen LogP contribution in [-0.4, -0.2) is 106 Å². The number of benzene rings is 3. The molecule has 3 saturated heterocycles. The Bertz CT molecular complexity index is 2390. The molecule has 6 heterocycles. The summed E-state index contributed by atoms with van der Waals surface area (Å²) < 4.78 is 0. The summed E-state index contributed by atoms with van der Waals surface area (Å²) in [7, 11) is 0. The highest BCUT2D eigenvalue weighted by Crippen LogP contribution is 2.38. The number of Topliss-reactive ketones (excluding diaryl/α,β-unsaturated/α-hetero) is 1. The molecule has 55 heavy (non-hydrogen) atoms. The van der Waals surface area contributed by atoms with Crippen LogP contribution in [0.2, 0.25) is 0 Å². The van der Waals surface area contributed by atoms with E-state index >= 15 is 0 Å². The summed E-state index contributed by atoms with van der Waals surface area (Å²) in [5.74, 6) is -0.826. The highest BCUT2D eigenvalue weighted by Gasteiger charge is 2.46. The van der Waals surface area contributed by atoms with Crippen LogP contribution in [0.5, 0.6) is 0 Å². The van der Waals surface area contributed by atoms with E-state index in [2.05, 4.69) is 48.2 Å². The van der Waals surface area contributed by atoms with Crippen molar-refractivity contribution in [3.05, 3.63) is 89.1 Å². The molecule has 4 aliphatic rings. The number of hydrogen-bond donors (Lipinski definition) is 3. The van der Waals surface area contributed by atoms with Gasteiger partial charge in [-0.15, -0.1) is 0 Å². The summed E-state index contributed by atoms with van der Waals surface area (Å²) in [6, 6.07) is 20.6. The van der Waals surface area contributed by atoms with Crippen molar-refractivity contribution in [2.75, 3.05) is 55.6 Å². The number of piperidine rings is 1. The number of imide groups is 2. The number of nitrogens with one attached hydrogen (secondary N) is 3. The van der Waals surface area contributed by atoms with Crippen LogP contribution in [0.4, 0.5) is 11.4 Å². The molecule has 0 saturated carbocycles. The maximum absolute atomic E-state index is 13.7. The lowest BCUT2D eigenvalue weighted by Crippen LogP contribution is -2.54. The second-order valence-corrected chi connectivity index (χ2v) is 15.1. The number of ketones is 1. The summed E-state index contributed by atoms with van der Waals surface area (Å²) >= 11 is 0. The summed E-state index contributed by atoms with van der Waals surface area (Å²) in [4.78, 5) is 84.1. The molecule has 3 fully saturated rings. The lowest BCUT2D eigenvalue weighted by Gasteiger charge is -2.37. The van der Waals surface area contributed by atoms with Gasteiger partial charge in [0.2, 0.25) is 11.8 Å². The first kappa shape index (κ1) is 34.7. The molecule has 3 N–H and O–H groups in total. The van der Waals surface area contributed by atoms with E-state index < -0.39 is 23.8 Å². The Morgan fingerprint density at radius 3 is 2.40 bits per heavy atom. The number of aryl methyl sites for hydroxylation is 1. The molecule has 0 spiro atoms.